The molecule has 0 fully saturated rings. The molecule has 20 heavy (non-hydrogen) atoms. The molecule has 0 atom stereocenters. The van der Waals surface area contributed by atoms with Crippen molar-refractivity contribution in [3.8, 4) is 0 Å². The Morgan fingerprint density at radius 2 is 2.05 bits per heavy atom. The van der Waals surface area contributed by atoms with E-state index in [0.717, 1.165) is 5.56 Å². The fourth-order valence-electron chi connectivity index (χ4n) is 1.77. The first-order chi connectivity index (χ1) is 9.47. The van der Waals surface area contributed by atoms with E-state index in [4.69, 9.17) is 0 Å². The summed E-state index contributed by atoms with van der Waals surface area (Å²) < 4.78 is 13.5. The van der Waals surface area contributed by atoms with Crippen LogP contribution in [0.3, 0.4) is 0 Å². The van der Waals surface area contributed by atoms with Gasteiger partial charge in [0.25, 0.3) is 5.69 Å². The number of hydrogen-bond acceptors (Lipinski definition) is 3. The summed E-state index contributed by atoms with van der Waals surface area (Å²) in [7, 11) is 0. The molecule has 2 aromatic rings. The molecule has 6 heteroatoms. The van der Waals surface area contributed by atoms with Crippen LogP contribution in [0.4, 0.5) is 15.8 Å². The van der Waals surface area contributed by atoms with Crippen molar-refractivity contribution in [3.63, 3.8) is 0 Å². The predicted molar refractivity (Wildman–Crippen MR) is 79.3 cm³/mol. The molecule has 0 aliphatic heterocycles. The number of nitrogens with one attached hydrogen (secondary N) is 1. The topological polar surface area (TPSA) is 55.2 Å². The van der Waals surface area contributed by atoms with Crippen LogP contribution < -0.4 is 5.32 Å². The van der Waals surface area contributed by atoms with Crippen LogP contribution >= 0.6 is 15.9 Å². The van der Waals surface area contributed by atoms with Gasteiger partial charge in [0.15, 0.2) is 0 Å². The number of nitro benzene ring substituents is 1. The van der Waals surface area contributed by atoms with Crippen molar-refractivity contribution < 1.29 is 9.31 Å². The molecule has 0 spiro atoms. The molecule has 0 aliphatic carbocycles. The van der Waals surface area contributed by atoms with E-state index in [1.165, 1.54) is 12.1 Å². The van der Waals surface area contributed by atoms with Crippen LogP contribution in [0.25, 0.3) is 0 Å². The highest BCUT2D eigenvalue weighted by atomic mass is 79.9. The molecule has 2 rings (SSSR count). The minimum Gasteiger partial charge on any atom is -0.381 e. The number of benzene rings is 2. The molecule has 0 saturated heterocycles. The first-order valence-corrected chi connectivity index (χ1v) is 6.69. The molecule has 0 saturated carbocycles. The van der Waals surface area contributed by atoms with Crippen LogP contribution in [0, 0.1) is 22.9 Å². The molecule has 0 aliphatic rings. The zero-order valence-electron chi connectivity index (χ0n) is 10.7. The summed E-state index contributed by atoms with van der Waals surface area (Å²) in [5.41, 5.74) is 2.23. The van der Waals surface area contributed by atoms with Crippen molar-refractivity contribution in [1.29, 1.82) is 0 Å². The molecule has 2 aromatic carbocycles. The maximum absolute atomic E-state index is 13.1. The van der Waals surface area contributed by atoms with E-state index in [0.29, 0.717) is 22.3 Å². The highest BCUT2D eigenvalue weighted by Crippen LogP contribution is 2.23. The minimum atomic E-state index is -0.408. The van der Waals surface area contributed by atoms with Crippen LogP contribution in [0.5, 0.6) is 0 Å². The number of hydrogen-bond donors (Lipinski definition) is 1. The van der Waals surface area contributed by atoms with Gasteiger partial charge in [0, 0.05) is 23.9 Å². The molecule has 0 heterocycles. The summed E-state index contributed by atoms with van der Waals surface area (Å²) in [6.07, 6.45) is 0. The fraction of sp³-hybridized carbons (Fsp3) is 0.143. The Morgan fingerprint density at radius 3 is 2.70 bits per heavy atom. The molecular formula is C14H12BrFN2O2. The molecule has 4 nitrogen and oxygen atoms in total. The van der Waals surface area contributed by atoms with Crippen LogP contribution in [-0.4, -0.2) is 4.92 Å². The van der Waals surface area contributed by atoms with Crippen LogP contribution in [0.2, 0.25) is 0 Å². The fourth-order valence-corrected chi connectivity index (χ4v) is 2.20. The van der Waals surface area contributed by atoms with E-state index in [1.54, 1.807) is 31.2 Å². The molecule has 0 amide bonds. The molecule has 0 bridgehead atoms. The maximum Gasteiger partial charge on any atom is 0.274 e. The Kier molecular flexibility index (Phi) is 4.34. The summed E-state index contributed by atoms with van der Waals surface area (Å²) in [4.78, 5) is 10.5. The SMILES string of the molecule is Cc1ccc(NCc2ccc(F)c(Br)c2)cc1[N+](=O)[O-]. The van der Waals surface area contributed by atoms with Gasteiger partial charge in [-0.3, -0.25) is 10.1 Å². The lowest BCUT2D eigenvalue weighted by Gasteiger charge is -2.08. The van der Waals surface area contributed by atoms with Gasteiger partial charge in [0.05, 0.1) is 9.40 Å². The zero-order chi connectivity index (χ0) is 14.7. The first-order valence-electron chi connectivity index (χ1n) is 5.90. The Balaban J connectivity index is 2.12. The van der Waals surface area contributed by atoms with Gasteiger partial charge in [-0.05, 0) is 46.6 Å². The number of nitrogens with zero attached hydrogens (tertiary/aromatic N) is 1. The van der Waals surface area contributed by atoms with E-state index in [2.05, 4.69) is 21.2 Å². The van der Waals surface area contributed by atoms with Gasteiger partial charge >= 0.3 is 0 Å². The summed E-state index contributed by atoms with van der Waals surface area (Å²) in [5.74, 6) is -0.320. The van der Waals surface area contributed by atoms with E-state index in [-0.39, 0.29) is 11.5 Å². The van der Waals surface area contributed by atoms with Crippen LogP contribution in [0.15, 0.2) is 40.9 Å². The first kappa shape index (κ1) is 14.5. The van der Waals surface area contributed by atoms with Gasteiger partial charge in [0.2, 0.25) is 0 Å². The van der Waals surface area contributed by atoms with Crippen molar-refractivity contribution in [3.05, 3.63) is 67.9 Å². The van der Waals surface area contributed by atoms with Crippen molar-refractivity contribution >= 4 is 27.3 Å². The van der Waals surface area contributed by atoms with E-state index in [9.17, 15) is 14.5 Å². The highest BCUT2D eigenvalue weighted by Gasteiger charge is 2.10. The molecule has 0 radical (unpaired) electrons. The van der Waals surface area contributed by atoms with Crippen molar-refractivity contribution in [2.75, 3.05) is 5.32 Å². The largest absolute Gasteiger partial charge is 0.381 e. The van der Waals surface area contributed by atoms with Crippen molar-refractivity contribution in [2.45, 2.75) is 13.5 Å². The molecular weight excluding hydrogens is 327 g/mol. The number of rotatable bonds is 4. The van der Waals surface area contributed by atoms with Crippen molar-refractivity contribution in [2.24, 2.45) is 0 Å². The molecule has 1 N–H and O–H groups in total. The lowest BCUT2D eigenvalue weighted by Crippen LogP contribution is -2.01. The smallest absolute Gasteiger partial charge is 0.274 e. The summed E-state index contributed by atoms with van der Waals surface area (Å²) in [6.45, 7) is 2.15. The third-order valence-electron chi connectivity index (χ3n) is 2.89. The van der Waals surface area contributed by atoms with Gasteiger partial charge in [-0.15, -0.1) is 0 Å². The second-order valence-corrected chi connectivity index (χ2v) is 5.21. The normalized spacial score (nSPS) is 10.3. The summed E-state index contributed by atoms with van der Waals surface area (Å²) >= 11 is 3.12. The van der Waals surface area contributed by atoms with E-state index >= 15 is 0 Å². The van der Waals surface area contributed by atoms with Gasteiger partial charge in [-0.2, -0.15) is 0 Å². The molecule has 0 unspecified atom stereocenters. The Morgan fingerprint density at radius 1 is 1.30 bits per heavy atom. The summed E-state index contributed by atoms with van der Waals surface area (Å²) in [5, 5.41) is 13.9. The van der Waals surface area contributed by atoms with Crippen molar-refractivity contribution in [1.82, 2.24) is 0 Å². The third-order valence-corrected chi connectivity index (χ3v) is 3.49. The van der Waals surface area contributed by atoms with Gasteiger partial charge in [0.1, 0.15) is 5.82 Å². The average Bonchev–Trinajstić information content (AvgIpc) is 2.41. The second-order valence-electron chi connectivity index (χ2n) is 4.36. The summed E-state index contributed by atoms with van der Waals surface area (Å²) in [6, 6.07) is 9.68. The van der Waals surface area contributed by atoms with E-state index in [1.807, 2.05) is 0 Å². The Labute approximate surface area is 123 Å². The Bertz CT molecular complexity index is 662. The van der Waals surface area contributed by atoms with Gasteiger partial charge < -0.3 is 5.32 Å². The number of anilines is 1. The molecule has 0 aromatic heterocycles. The zero-order valence-corrected chi connectivity index (χ0v) is 12.3. The lowest BCUT2D eigenvalue weighted by atomic mass is 10.1. The number of halogens is 2. The quantitative estimate of drug-likeness (QED) is 0.663. The van der Waals surface area contributed by atoms with Gasteiger partial charge in [-0.1, -0.05) is 12.1 Å². The van der Waals surface area contributed by atoms with Gasteiger partial charge in [-0.25, -0.2) is 4.39 Å². The average molecular weight is 339 g/mol. The highest BCUT2D eigenvalue weighted by molar-refractivity contribution is 9.10. The Hall–Kier alpha value is -1.95. The van der Waals surface area contributed by atoms with E-state index < -0.39 is 4.92 Å². The third kappa shape index (κ3) is 3.33. The molecule has 104 valence electrons. The van der Waals surface area contributed by atoms with Crippen LogP contribution in [0.1, 0.15) is 11.1 Å². The van der Waals surface area contributed by atoms with Crippen LogP contribution in [-0.2, 0) is 6.54 Å². The minimum absolute atomic E-state index is 0.0790. The number of aryl methyl sites for hydroxylation is 1. The lowest BCUT2D eigenvalue weighted by molar-refractivity contribution is -0.385. The monoisotopic (exact) mass is 338 g/mol. The number of nitro groups is 1. The predicted octanol–water partition coefficient (Wildman–Crippen LogP) is 4.42. The maximum atomic E-state index is 13.1. The second kappa shape index (κ2) is 6.00. The standard InChI is InChI=1S/C14H12BrFN2O2/c1-9-2-4-11(7-14(9)18(19)20)17-8-10-3-5-13(16)12(15)6-10/h2-7,17H,8H2,1H3.